The highest BCUT2D eigenvalue weighted by atomic mass is 16.5. The number of ether oxygens (including phenoxy) is 1. The fourth-order valence-corrected chi connectivity index (χ4v) is 1.53. The van der Waals surface area contributed by atoms with Crippen molar-refractivity contribution in [1.82, 2.24) is 0 Å². The molecule has 0 bridgehead atoms. The van der Waals surface area contributed by atoms with Gasteiger partial charge >= 0.3 is 5.97 Å². The highest BCUT2D eigenvalue weighted by molar-refractivity contribution is 5.99. The van der Waals surface area contributed by atoms with Gasteiger partial charge in [-0.05, 0) is 20.3 Å². The van der Waals surface area contributed by atoms with E-state index in [-0.39, 0.29) is 12.4 Å². The summed E-state index contributed by atoms with van der Waals surface area (Å²) in [6, 6.07) is 0. The van der Waals surface area contributed by atoms with Crippen LogP contribution in [0.1, 0.15) is 46.5 Å². The van der Waals surface area contributed by atoms with Crippen LogP contribution in [0.15, 0.2) is 0 Å². The summed E-state index contributed by atoms with van der Waals surface area (Å²) in [6.07, 6.45) is 2.10. The van der Waals surface area contributed by atoms with Crippen LogP contribution in [0.2, 0.25) is 0 Å². The van der Waals surface area contributed by atoms with Crippen molar-refractivity contribution in [3.63, 3.8) is 0 Å². The van der Waals surface area contributed by atoms with Gasteiger partial charge in [0.1, 0.15) is 11.7 Å². The molecule has 0 aromatic rings. The van der Waals surface area contributed by atoms with Gasteiger partial charge in [0.25, 0.3) is 0 Å². The second-order valence-corrected chi connectivity index (χ2v) is 3.89. The van der Waals surface area contributed by atoms with E-state index in [2.05, 4.69) is 0 Å². The smallest absolute Gasteiger partial charge is 0.319 e. The predicted octanol–water partition coefficient (Wildman–Crippen LogP) is 1.70. The van der Waals surface area contributed by atoms with Gasteiger partial charge in [0.2, 0.25) is 0 Å². The Labute approximate surface area is 97.0 Å². The van der Waals surface area contributed by atoms with Gasteiger partial charge < -0.3 is 9.84 Å². The fourth-order valence-electron chi connectivity index (χ4n) is 1.53. The number of carbonyl (C=O) groups excluding carboxylic acids is 2. The van der Waals surface area contributed by atoms with Gasteiger partial charge in [0.05, 0.1) is 12.7 Å². The Morgan fingerprint density at radius 3 is 2.31 bits per heavy atom. The zero-order valence-corrected chi connectivity index (χ0v) is 10.4. The molecule has 0 aromatic carbocycles. The molecule has 0 heterocycles. The van der Waals surface area contributed by atoms with Gasteiger partial charge in [-0.1, -0.05) is 19.8 Å². The minimum atomic E-state index is -1.02. The largest absolute Gasteiger partial charge is 0.465 e. The van der Waals surface area contributed by atoms with Crippen molar-refractivity contribution in [2.24, 2.45) is 5.92 Å². The molecule has 0 radical (unpaired) electrons. The Hall–Kier alpha value is -0.900. The quantitative estimate of drug-likeness (QED) is 0.391. The molecule has 4 nitrogen and oxygen atoms in total. The normalized spacial score (nSPS) is 14.2. The molecule has 16 heavy (non-hydrogen) atoms. The van der Waals surface area contributed by atoms with Crippen LogP contribution in [-0.2, 0) is 14.3 Å². The van der Waals surface area contributed by atoms with E-state index in [1.165, 1.54) is 6.92 Å². The molecule has 0 spiro atoms. The minimum absolute atomic E-state index is 0.220. The van der Waals surface area contributed by atoms with E-state index in [4.69, 9.17) is 4.74 Å². The third-order valence-electron chi connectivity index (χ3n) is 2.40. The van der Waals surface area contributed by atoms with E-state index < -0.39 is 18.0 Å². The van der Waals surface area contributed by atoms with E-state index in [1.54, 1.807) is 6.92 Å². The SMILES string of the molecule is CCCCCC(=O)C(C(=O)OCC)C(C)O. The maximum atomic E-state index is 11.7. The standard InChI is InChI=1S/C12H22O4/c1-4-6-7-8-10(14)11(9(3)13)12(15)16-5-2/h9,11,13H,4-8H2,1-3H3. The molecule has 0 fully saturated rings. The summed E-state index contributed by atoms with van der Waals surface area (Å²) in [5.41, 5.74) is 0. The highest BCUT2D eigenvalue weighted by Crippen LogP contribution is 2.13. The van der Waals surface area contributed by atoms with Gasteiger partial charge in [0.15, 0.2) is 0 Å². The van der Waals surface area contributed by atoms with Crippen molar-refractivity contribution in [2.75, 3.05) is 6.61 Å². The van der Waals surface area contributed by atoms with Gasteiger partial charge in [-0.25, -0.2) is 0 Å². The molecule has 0 rings (SSSR count). The number of esters is 1. The van der Waals surface area contributed by atoms with E-state index in [0.717, 1.165) is 19.3 Å². The zero-order chi connectivity index (χ0) is 12.6. The Bertz CT molecular complexity index is 223. The minimum Gasteiger partial charge on any atom is -0.465 e. The molecule has 0 amide bonds. The number of Topliss-reactive ketones (excluding diaryl/α,β-unsaturated/α-hetero) is 1. The predicted molar refractivity (Wildman–Crippen MR) is 61.0 cm³/mol. The third kappa shape index (κ3) is 5.26. The van der Waals surface area contributed by atoms with Crippen LogP contribution in [0, 0.1) is 5.92 Å². The molecule has 94 valence electrons. The number of hydrogen-bond acceptors (Lipinski definition) is 4. The monoisotopic (exact) mass is 230 g/mol. The number of hydrogen-bond donors (Lipinski definition) is 1. The molecular weight excluding hydrogens is 208 g/mol. The molecule has 0 saturated carbocycles. The number of unbranched alkanes of at least 4 members (excludes halogenated alkanes) is 2. The number of rotatable bonds is 8. The lowest BCUT2D eigenvalue weighted by Crippen LogP contribution is -2.34. The summed E-state index contributed by atoms with van der Waals surface area (Å²) in [7, 11) is 0. The molecule has 4 heteroatoms. The summed E-state index contributed by atoms with van der Waals surface area (Å²) >= 11 is 0. The molecule has 1 N–H and O–H groups in total. The fraction of sp³-hybridized carbons (Fsp3) is 0.833. The van der Waals surface area contributed by atoms with Crippen LogP contribution in [0.3, 0.4) is 0 Å². The lowest BCUT2D eigenvalue weighted by molar-refractivity contribution is -0.155. The maximum absolute atomic E-state index is 11.7. The molecule has 0 aliphatic carbocycles. The first-order valence-electron chi connectivity index (χ1n) is 5.92. The van der Waals surface area contributed by atoms with Crippen molar-refractivity contribution in [1.29, 1.82) is 0 Å². The summed E-state index contributed by atoms with van der Waals surface area (Å²) in [5, 5.41) is 9.41. The first-order chi connectivity index (χ1) is 7.54. The molecular formula is C12H22O4. The van der Waals surface area contributed by atoms with Gasteiger partial charge in [0, 0.05) is 6.42 Å². The Morgan fingerprint density at radius 2 is 1.88 bits per heavy atom. The third-order valence-corrected chi connectivity index (χ3v) is 2.40. The van der Waals surface area contributed by atoms with E-state index in [9.17, 15) is 14.7 Å². The first kappa shape index (κ1) is 15.1. The van der Waals surface area contributed by atoms with E-state index >= 15 is 0 Å². The molecule has 2 atom stereocenters. The van der Waals surface area contributed by atoms with Gasteiger partial charge in [-0.3, -0.25) is 9.59 Å². The van der Waals surface area contributed by atoms with Crippen molar-refractivity contribution in [3.8, 4) is 0 Å². The van der Waals surface area contributed by atoms with Crippen LogP contribution < -0.4 is 0 Å². The number of carbonyl (C=O) groups is 2. The average molecular weight is 230 g/mol. The second-order valence-electron chi connectivity index (χ2n) is 3.89. The van der Waals surface area contributed by atoms with Crippen LogP contribution in [-0.4, -0.2) is 29.6 Å². The molecule has 0 aliphatic rings. The lowest BCUT2D eigenvalue weighted by atomic mass is 9.94. The van der Waals surface area contributed by atoms with Crippen molar-refractivity contribution >= 4 is 11.8 Å². The topological polar surface area (TPSA) is 63.6 Å². The van der Waals surface area contributed by atoms with Crippen LogP contribution in [0.5, 0.6) is 0 Å². The van der Waals surface area contributed by atoms with Crippen LogP contribution in [0.25, 0.3) is 0 Å². The summed E-state index contributed by atoms with van der Waals surface area (Å²) in [4.78, 5) is 23.2. The average Bonchev–Trinajstić information content (AvgIpc) is 2.18. The van der Waals surface area contributed by atoms with Crippen molar-refractivity contribution in [2.45, 2.75) is 52.6 Å². The number of aliphatic hydroxyl groups is 1. The van der Waals surface area contributed by atoms with Crippen LogP contribution in [0.4, 0.5) is 0 Å². The zero-order valence-electron chi connectivity index (χ0n) is 10.4. The Morgan fingerprint density at radius 1 is 1.25 bits per heavy atom. The summed E-state index contributed by atoms with van der Waals surface area (Å²) in [6.45, 7) is 5.39. The molecule has 2 unspecified atom stereocenters. The van der Waals surface area contributed by atoms with Gasteiger partial charge in [-0.15, -0.1) is 0 Å². The molecule has 0 aliphatic heterocycles. The Kier molecular flexibility index (Phi) is 7.81. The molecule has 0 saturated heterocycles. The second kappa shape index (κ2) is 8.28. The summed E-state index contributed by atoms with van der Waals surface area (Å²) < 4.78 is 4.77. The van der Waals surface area contributed by atoms with Crippen LogP contribution >= 0.6 is 0 Å². The lowest BCUT2D eigenvalue weighted by Gasteiger charge is -2.16. The maximum Gasteiger partial charge on any atom is 0.319 e. The van der Waals surface area contributed by atoms with Gasteiger partial charge in [-0.2, -0.15) is 0 Å². The van der Waals surface area contributed by atoms with E-state index in [0.29, 0.717) is 6.42 Å². The molecule has 0 aromatic heterocycles. The number of ketones is 1. The highest BCUT2D eigenvalue weighted by Gasteiger charge is 2.31. The van der Waals surface area contributed by atoms with Crippen molar-refractivity contribution in [3.05, 3.63) is 0 Å². The van der Waals surface area contributed by atoms with E-state index in [1.807, 2.05) is 6.92 Å². The number of aliphatic hydroxyl groups excluding tert-OH is 1. The Balaban J connectivity index is 4.30. The van der Waals surface area contributed by atoms with Crippen molar-refractivity contribution < 1.29 is 19.4 Å². The summed E-state index contributed by atoms with van der Waals surface area (Å²) in [5.74, 6) is -1.85. The first-order valence-corrected chi connectivity index (χ1v) is 5.92.